The Morgan fingerprint density at radius 1 is 1.45 bits per heavy atom. The zero-order valence-electron chi connectivity index (χ0n) is 11.5. The van der Waals surface area contributed by atoms with Crippen LogP contribution in [0, 0.1) is 10.1 Å². The minimum atomic E-state index is -5.09. The monoisotopic (exact) mass is 324 g/mol. The molecule has 122 valence electrons. The number of methoxy groups -OCH3 is 1. The highest BCUT2D eigenvalue weighted by atomic mass is 19.4. The number of hydrogen-bond donors (Lipinski definition) is 0. The molecule has 1 aromatic rings. The molecule has 1 heterocycles. The summed E-state index contributed by atoms with van der Waals surface area (Å²) in [5.41, 5.74) is -0.207. The first kappa shape index (κ1) is 17.5. The van der Waals surface area contributed by atoms with Crippen molar-refractivity contribution in [2.24, 2.45) is 0 Å². The highest BCUT2D eigenvalue weighted by Crippen LogP contribution is 2.34. The van der Waals surface area contributed by atoms with Crippen LogP contribution in [-0.2, 0) is 16.0 Å². The Morgan fingerprint density at radius 3 is 2.55 bits per heavy atom. The van der Waals surface area contributed by atoms with E-state index in [0.717, 1.165) is 13.2 Å². The SMILES string of the molecule is CCOC(=O)Cc1cc(OC(F)(F)F)nc([N+](=O)[O-])c1OC. The number of ether oxygens (including phenoxy) is 3. The molecule has 11 heteroatoms. The van der Waals surface area contributed by atoms with Crippen molar-refractivity contribution in [2.75, 3.05) is 13.7 Å². The Bertz CT molecular complexity index is 576. The van der Waals surface area contributed by atoms with Crippen LogP contribution < -0.4 is 9.47 Å². The largest absolute Gasteiger partial charge is 0.575 e. The first-order valence-electron chi connectivity index (χ1n) is 5.81. The summed E-state index contributed by atoms with van der Waals surface area (Å²) in [6, 6.07) is 0.732. The normalized spacial score (nSPS) is 11.0. The lowest BCUT2D eigenvalue weighted by Crippen LogP contribution is -2.19. The van der Waals surface area contributed by atoms with Crippen molar-refractivity contribution in [3.05, 3.63) is 21.7 Å². The van der Waals surface area contributed by atoms with Crippen LogP contribution in [0.3, 0.4) is 0 Å². The molecule has 0 atom stereocenters. The van der Waals surface area contributed by atoms with Gasteiger partial charge in [-0.15, -0.1) is 13.2 Å². The van der Waals surface area contributed by atoms with Gasteiger partial charge in [-0.3, -0.25) is 4.79 Å². The van der Waals surface area contributed by atoms with Crippen LogP contribution in [0.4, 0.5) is 19.0 Å². The smallest absolute Gasteiger partial charge is 0.489 e. The molecule has 1 rings (SSSR count). The predicted octanol–water partition coefficient (Wildman–Crippen LogP) is 2.00. The standard InChI is InChI=1S/C11H11F3N2O6/c1-3-21-8(17)5-6-4-7(22-11(12,13)14)15-10(16(18)19)9(6)20-2/h4H,3,5H2,1-2H3. The van der Waals surface area contributed by atoms with Gasteiger partial charge >= 0.3 is 24.0 Å². The summed E-state index contributed by atoms with van der Waals surface area (Å²) in [7, 11) is 1.06. The van der Waals surface area contributed by atoms with Gasteiger partial charge in [0.25, 0.3) is 0 Å². The van der Waals surface area contributed by atoms with E-state index in [9.17, 15) is 28.1 Å². The zero-order valence-corrected chi connectivity index (χ0v) is 11.5. The molecule has 0 saturated heterocycles. The lowest BCUT2D eigenvalue weighted by Gasteiger charge is -2.10. The number of hydrogen-bond acceptors (Lipinski definition) is 7. The van der Waals surface area contributed by atoms with E-state index in [2.05, 4.69) is 14.5 Å². The Kier molecular flexibility index (Phi) is 5.49. The molecule has 0 amide bonds. The summed E-state index contributed by atoms with van der Waals surface area (Å²) in [4.78, 5) is 24.4. The molecule has 0 N–H and O–H groups in total. The summed E-state index contributed by atoms with van der Waals surface area (Å²) in [5.74, 6) is -3.30. The van der Waals surface area contributed by atoms with Gasteiger partial charge in [0, 0.05) is 16.6 Å². The van der Waals surface area contributed by atoms with E-state index in [0.29, 0.717) is 0 Å². The Labute approximate surface area is 121 Å². The van der Waals surface area contributed by atoms with E-state index in [1.807, 2.05) is 0 Å². The molecule has 8 nitrogen and oxygen atoms in total. The maximum Gasteiger partial charge on any atom is 0.575 e. The van der Waals surface area contributed by atoms with Gasteiger partial charge in [-0.2, -0.15) is 0 Å². The molecule has 0 spiro atoms. The fourth-order valence-corrected chi connectivity index (χ4v) is 1.56. The number of alkyl halides is 3. The van der Waals surface area contributed by atoms with Gasteiger partial charge in [-0.05, 0) is 11.8 Å². The van der Waals surface area contributed by atoms with Crippen molar-refractivity contribution >= 4 is 11.8 Å². The van der Waals surface area contributed by atoms with E-state index in [-0.39, 0.29) is 12.2 Å². The van der Waals surface area contributed by atoms with Crippen LogP contribution in [0.2, 0.25) is 0 Å². The highest BCUT2D eigenvalue weighted by molar-refractivity contribution is 5.74. The molecule has 0 aromatic carbocycles. The Hall–Kier alpha value is -2.59. The molecule has 0 saturated carbocycles. The van der Waals surface area contributed by atoms with Crippen LogP contribution in [-0.4, -0.2) is 36.0 Å². The third kappa shape index (κ3) is 4.75. The van der Waals surface area contributed by atoms with Gasteiger partial charge in [-0.1, -0.05) is 0 Å². The number of nitro groups is 1. The Morgan fingerprint density at radius 2 is 2.09 bits per heavy atom. The average Bonchev–Trinajstić information content (AvgIpc) is 2.36. The number of halogens is 3. The molecular formula is C11H11F3N2O6. The lowest BCUT2D eigenvalue weighted by molar-refractivity contribution is -0.391. The number of aromatic nitrogens is 1. The molecule has 0 aliphatic carbocycles. The summed E-state index contributed by atoms with van der Waals surface area (Å²) >= 11 is 0. The van der Waals surface area contributed by atoms with E-state index >= 15 is 0 Å². The Balaban J connectivity index is 3.31. The third-order valence-corrected chi connectivity index (χ3v) is 2.25. The van der Waals surface area contributed by atoms with Crippen molar-refractivity contribution in [3.8, 4) is 11.6 Å². The van der Waals surface area contributed by atoms with E-state index < -0.39 is 41.1 Å². The quantitative estimate of drug-likeness (QED) is 0.448. The van der Waals surface area contributed by atoms with Crippen LogP contribution >= 0.6 is 0 Å². The van der Waals surface area contributed by atoms with Crippen molar-refractivity contribution in [1.29, 1.82) is 0 Å². The van der Waals surface area contributed by atoms with Gasteiger partial charge in [0.2, 0.25) is 5.75 Å². The predicted molar refractivity (Wildman–Crippen MR) is 64.5 cm³/mol. The summed E-state index contributed by atoms with van der Waals surface area (Å²) in [6.07, 6.45) is -5.62. The molecule has 0 bridgehead atoms. The molecule has 0 unspecified atom stereocenters. The average molecular weight is 324 g/mol. The third-order valence-electron chi connectivity index (χ3n) is 2.25. The van der Waals surface area contributed by atoms with Gasteiger partial charge in [0.15, 0.2) is 0 Å². The van der Waals surface area contributed by atoms with Crippen molar-refractivity contribution in [1.82, 2.24) is 4.98 Å². The fraction of sp³-hybridized carbons (Fsp3) is 0.455. The fourth-order valence-electron chi connectivity index (χ4n) is 1.56. The first-order chi connectivity index (χ1) is 10.2. The lowest BCUT2D eigenvalue weighted by atomic mass is 10.1. The summed E-state index contributed by atoms with van der Waals surface area (Å²) in [6.45, 7) is 1.57. The molecule has 0 aliphatic heterocycles. The number of nitrogens with zero attached hydrogens (tertiary/aromatic N) is 2. The topological polar surface area (TPSA) is 101 Å². The first-order valence-corrected chi connectivity index (χ1v) is 5.81. The van der Waals surface area contributed by atoms with Gasteiger partial charge in [0.05, 0.1) is 20.1 Å². The molecule has 0 aliphatic rings. The minimum absolute atomic E-state index is 0.0419. The van der Waals surface area contributed by atoms with Crippen LogP contribution in [0.1, 0.15) is 12.5 Å². The van der Waals surface area contributed by atoms with Crippen molar-refractivity contribution in [3.63, 3.8) is 0 Å². The van der Waals surface area contributed by atoms with E-state index in [4.69, 9.17) is 4.74 Å². The molecule has 0 radical (unpaired) electrons. The molecule has 22 heavy (non-hydrogen) atoms. The van der Waals surface area contributed by atoms with Crippen molar-refractivity contribution in [2.45, 2.75) is 19.7 Å². The van der Waals surface area contributed by atoms with E-state index in [1.54, 1.807) is 0 Å². The van der Waals surface area contributed by atoms with E-state index in [1.165, 1.54) is 6.92 Å². The van der Waals surface area contributed by atoms with Crippen molar-refractivity contribution < 1.29 is 37.1 Å². The maximum absolute atomic E-state index is 12.2. The van der Waals surface area contributed by atoms with Crippen LogP contribution in [0.15, 0.2) is 6.07 Å². The number of esters is 1. The second-order valence-corrected chi connectivity index (χ2v) is 3.76. The van der Waals surface area contributed by atoms with Gasteiger partial charge in [-0.25, -0.2) is 0 Å². The highest BCUT2D eigenvalue weighted by Gasteiger charge is 2.36. The minimum Gasteiger partial charge on any atom is -0.489 e. The molecular weight excluding hydrogens is 313 g/mol. The number of carbonyl (C=O) groups excluding carboxylic acids is 1. The summed E-state index contributed by atoms with van der Waals surface area (Å²) in [5, 5.41) is 10.9. The zero-order chi connectivity index (χ0) is 16.9. The summed E-state index contributed by atoms with van der Waals surface area (Å²) < 4.78 is 49.6. The second kappa shape index (κ2) is 6.91. The molecule has 0 fully saturated rings. The number of carbonyl (C=O) groups is 1. The van der Waals surface area contributed by atoms with Gasteiger partial charge in [0.1, 0.15) is 0 Å². The van der Waals surface area contributed by atoms with Crippen LogP contribution in [0.5, 0.6) is 11.6 Å². The second-order valence-electron chi connectivity index (χ2n) is 3.76. The number of rotatable bonds is 6. The molecule has 1 aromatic heterocycles. The maximum atomic E-state index is 12.2. The number of pyridine rings is 1. The van der Waals surface area contributed by atoms with Crippen LogP contribution in [0.25, 0.3) is 0 Å². The van der Waals surface area contributed by atoms with Gasteiger partial charge < -0.3 is 24.3 Å².